The van der Waals surface area contributed by atoms with Crippen LogP contribution in [-0.2, 0) is 17.8 Å². The van der Waals surface area contributed by atoms with Crippen LogP contribution in [0.25, 0.3) is 10.2 Å². The number of nitrogens with one attached hydrogen (secondary N) is 1. The number of ether oxygens (including phenoxy) is 2. The number of carbonyl (C=O) groups is 1. The van der Waals surface area contributed by atoms with E-state index in [0.29, 0.717) is 39.8 Å². The zero-order valence-electron chi connectivity index (χ0n) is 18.8. The van der Waals surface area contributed by atoms with E-state index in [1.807, 2.05) is 12.1 Å². The Bertz CT molecular complexity index is 1440. The minimum Gasteiger partial charge on any atom is -0.493 e. The van der Waals surface area contributed by atoms with Crippen molar-refractivity contribution in [2.24, 2.45) is 0 Å². The van der Waals surface area contributed by atoms with Crippen molar-refractivity contribution in [1.29, 1.82) is 0 Å². The van der Waals surface area contributed by atoms with Gasteiger partial charge in [0.2, 0.25) is 5.91 Å². The highest BCUT2D eigenvalue weighted by Crippen LogP contribution is 2.28. The van der Waals surface area contributed by atoms with E-state index in [9.17, 15) is 18.4 Å². The first-order valence-corrected chi connectivity index (χ1v) is 12.3. The van der Waals surface area contributed by atoms with Gasteiger partial charge in [0, 0.05) is 12.6 Å². The molecule has 1 N–H and O–H groups in total. The Morgan fingerprint density at radius 2 is 1.91 bits per heavy atom. The predicted molar refractivity (Wildman–Crippen MR) is 133 cm³/mol. The number of fused-ring (bicyclic) bond motifs is 1. The number of halogens is 2. The fourth-order valence-electron chi connectivity index (χ4n) is 3.42. The summed E-state index contributed by atoms with van der Waals surface area (Å²) in [5.41, 5.74) is 1.02. The number of nitrogens with zero attached hydrogens (tertiary/aromatic N) is 2. The summed E-state index contributed by atoms with van der Waals surface area (Å²) in [5.74, 6) is -0.913. The van der Waals surface area contributed by atoms with Crippen molar-refractivity contribution < 1.29 is 23.0 Å². The molecule has 0 bridgehead atoms. The number of aryl methyl sites for hydroxylation is 1. The van der Waals surface area contributed by atoms with Crippen LogP contribution < -0.4 is 20.3 Å². The van der Waals surface area contributed by atoms with Gasteiger partial charge in [-0.3, -0.25) is 14.2 Å². The van der Waals surface area contributed by atoms with Gasteiger partial charge < -0.3 is 14.8 Å². The topological polar surface area (TPSA) is 82.5 Å². The maximum absolute atomic E-state index is 13.9. The summed E-state index contributed by atoms with van der Waals surface area (Å²) in [6, 6.07) is 10.1. The van der Waals surface area contributed by atoms with Crippen molar-refractivity contribution in [2.75, 3.05) is 25.3 Å². The highest BCUT2D eigenvalue weighted by Gasteiger charge is 2.16. The molecule has 2 aromatic heterocycles. The molecule has 4 aromatic rings. The minimum absolute atomic E-state index is 0.144. The maximum Gasteiger partial charge on any atom is 0.272 e. The molecule has 0 unspecified atom stereocenters. The molecule has 7 nitrogen and oxygen atoms in total. The fourth-order valence-corrected chi connectivity index (χ4v) is 5.02. The molecule has 4 rings (SSSR count). The maximum atomic E-state index is 13.9. The molecule has 0 aliphatic rings. The van der Waals surface area contributed by atoms with Crippen molar-refractivity contribution in [2.45, 2.75) is 18.1 Å². The molecule has 2 aromatic carbocycles. The second-order valence-corrected chi connectivity index (χ2v) is 9.25. The van der Waals surface area contributed by atoms with E-state index in [2.05, 4.69) is 10.3 Å². The summed E-state index contributed by atoms with van der Waals surface area (Å²) in [6.07, 6.45) is 0.507. The molecule has 0 fully saturated rings. The van der Waals surface area contributed by atoms with Gasteiger partial charge in [-0.05, 0) is 47.7 Å². The summed E-state index contributed by atoms with van der Waals surface area (Å²) < 4.78 is 39.9. The molecular formula is C24H21F2N3O4S2. The highest BCUT2D eigenvalue weighted by molar-refractivity contribution is 7.99. The van der Waals surface area contributed by atoms with Crippen LogP contribution in [0.5, 0.6) is 11.5 Å². The zero-order chi connectivity index (χ0) is 24.9. The van der Waals surface area contributed by atoms with Crippen LogP contribution in [0.3, 0.4) is 0 Å². The average Bonchev–Trinajstić information content (AvgIpc) is 3.33. The van der Waals surface area contributed by atoms with Crippen LogP contribution >= 0.6 is 23.1 Å². The van der Waals surface area contributed by atoms with Gasteiger partial charge in [-0.1, -0.05) is 17.8 Å². The molecule has 0 saturated heterocycles. The molecule has 0 saturated carbocycles. The molecule has 182 valence electrons. The van der Waals surface area contributed by atoms with Crippen LogP contribution in [0.4, 0.5) is 14.5 Å². The van der Waals surface area contributed by atoms with Gasteiger partial charge in [0.15, 0.2) is 16.7 Å². The van der Waals surface area contributed by atoms with E-state index in [-0.39, 0.29) is 17.0 Å². The third kappa shape index (κ3) is 5.63. The van der Waals surface area contributed by atoms with E-state index in [1.165, 1.54) is 15.9 Å². The Labute approximate surface area is 207 Å². The van der Waals surface area contributed by atoms with Gasteiger partial charge >= 0.3 is 0 Å². The summed E-state index contributed by atoms with van der Waals surface area (Å²) in [6.45, 7) is 0.317. The third-order valence-electron chi connectivity index (χ3n) is 5.14. The number of hydrogen-bond acceptors (Lipinski definition) is 7. The Morgan fingerprint density at radius 1 is 1.11 bits per heavy atom. The normalized spacial score (nSPS) is 11.0. The van der Waals surface area contributed by atoms with Crippen molar-refractivity contribution in [3.8, 4) is 11.5 Å². The lowest BCUT2D eigenvalue weighted by atomic mass is 10.1. The van der Waals surface area contributed by atoms with Crippen LogP contribution in [0, 0.1) is 11.6 Å². The van der Waals surface area contributed by atoms with Gasteiger partial charge in [0.1, 0.15) is 16.3 Å². The molecule has 11 heteroatoms. The second kappa shape index (κ2) is 10.9. The van der Waals surface area contributed by atoms with E-state index in [4.69, 9.17) is 9.47 Å². The number of hydrogen-bond donors (Lipinski definition) is 1. The quantitative estimate of drug-likeness (QED) is 0.255. The van der Waals surface area contributed by atoms with E-state index < -0.39 is 17.5 Å². The Balaban J connectivity index is 1.54. The molecule has 0 atom stereocenters. The molecule has 35 heavy (non-hydrogen) atoms. The number of methoxy groups -OCH3 is 2. The van der Waals surface area contributed by atoms with Gasteiger partial charge in [0.25, 0.3) is 5.56 Å². The Hall–Kier alpha value is -3.44. The Kier molecular flexibility index (Phi) is 7.67. The smallest absolute Gasteiger partial charge is 0.272 e. The second-order valence-electron chi connectivity index (χ2n) is 7.39. The molecule has 1 amide bonds. The zero-order valence-corrected chi connectivity index (χ0v) is 20.5. The molecular weight excluding hydrogens is 496 g/mol. The van der Waals surface area contributed by atoms with Gasteiger partial charge in [0.05, 0.1) is 31.2 Å². The number of carbonyl (C=O) groups excluding carboxylic acids is 1. The molecule has 0 aliphatic carbocycles. The number of rotatable bonds is 9. The number of thioether (sulfide) groups is 1. The molecule has 0 spiro atoms. The van der Waals surface area contributed by atoms with Crippen LogP contribution in [0.2, 0.25) is 0 Å². The number of aromatic nitrogens is 2. The predicted octanol–water partition coefficient (Wildman–Crippen LogP) is 4.73. The summed E-state index contributed by atoms with van der Waals surface area (Å²) in [4.78, 5) is 30.1. The van der Waals surface area contributed by atoms with E-state index in [0.717, 1.165) is 35.5 Å². The average molecular weight is 518 g/mol. The number of amides is 1. The number of anilines is 1. The summed E-state index contributed by atoms with van der Waals surface area (Å²) in [7, 11) is 3.11. The first-order valence-electron chi connectivity index (χ1n) is 10.5. The lowest BCUT2D eigenvalue weighted by Crippen LogP contribution is -2.24. The lowest BCUT2D eigenvalue weighted by Gasteiger charge is -2.13. The Morgan fingerprint density at radius 3 is 2.69 bits per heavy atom. The summed E-state index contributed by atoms with van der Waals surface area (Å²) >= 11 is 2.35. The molecule has 0 aliphatic heterocycles. The van der Waals surface area contributed by atoms with Crippen LogP contribution in [0.15, 0.2) is 57.8 Å². The SMILES string of the molecule is COc1ccc(CCn2c(SCC(=O)Nc3cc(F)ccc3F)nc3ccsc3c2=O)cc1OC. The van der Waals surface area contributed by atoms with Gasteiger partial charge in [-0.2, -0.15) is 0 Å². The van der Waals surface area contributed by atoms with Crippen LogP contribution in [-0.4, -0.2) is 35.4 Å². The van der Waals surface area contributed by atoms with Gasteiger partial charge in [-0.15, -0.1) is 11.3 Å². The van der Waals surface area contributed by atoms with Crippen LogP contribution in [0.1, 0.15) is 5.56 Å². The third-order valence-corrected chi connectivity index (χ3v) is 7.01. The molecule has 2 heterocycles. The molecule has 0 radical (unpaired) electrons. The fraction of sp³-hybridized carbons (Fsp3) is 0.208. The van der Waals surface area contributed by atoms with E-state index in [1.54, 1.807) is 31.7 Å². The first-order chi connectivity index (χ1) is 16.9. The first kappa shape index (κ1) is 24.7. The van der Waals surface area contributed by atoms with Crippen molar-refractivity contribution >= 4 is 44.9 Å². The minimum atomic E-state index is -0.741. The van der Waals surface area contributed by atoms with Crippen molar-refractivity contribution in [1.82, 2.24) is 9.55 Å². The monoisotopic (exact) mass is 517 g/mol. The number of thiophene rings is 1. The largest absolute Gasteiger partial charge is 0.493 e. The lowest BCUT2D eigenvalue weighted by molar-refractivity contribution is -0.113. The van der Waals surface area contributed by atoms with E-state index >= 15 is 0 Å². The van der Waals surface area contributed by atoms with Crippen molar-refractivity contribution in [3.63, 3.8) is 0 Å². The highest BCUT2D eigenvalue weighted by atomic mass is 32.2. The standard InChI is InChI=1S/C24H21F2N3O4S2/c1-32-19-6-3-14(11-20(19)33-2)7-9-29-23(31)22-17(8-10-34-22)28-24(29)35-13-21(30)27-18-12-15(25)4-5-16(18)26/h3-6,8,10-12H,7,9,13H2,1-2H3,(H,27,30). The van der Waals surface area contributed by atoms with Gasteiger partial charge in [-0.25, -0.2) is 13.8 Å². The summed E-state index contributed by atoms with van der Waals surface area (Å²) in [5, 5.41) is 4.50. The number of benzene rings is 2. The van der Waals surface area contributed by atoms with Crippen molar-refractivity contribution in [3.05, 3.63) is 75.4 Å².